The van der Waals surface area contributed by atoms with E-state index in [0.29, 0.717) is 10.7 Å². The van der Waals surface area contributed by atoms with Crippen molar-refractivity contribution in [1.29, 1.82) is 0 Å². The predicted molar refractivity (Wildman–Crippen MR) is 93.0 cm³/mol. The second-order valence-corrected chi connectivity index (χ2v) is 5.16. The first-order valence-electron chi connectivity index (χ1n) is 6.38. The number of carbonyl (C=O) groups excluding carboxylic acids is 1. The number of phenols is 1. The molecule has 4 nitrogen and oxygen atoms in total. The van der Waals surface area contributed by atoms with Crippen LogP contribution >= 0.6 is 23.8 Å². The number of anilines is 1. The summed E-state index contributed by atoms with van der Waals surface area (Å²) in [7, 11) is 0. The van der Waals surface area contributed by atoms with E-state index in [4.69, 9.17) is 23.8 Å². The van der Waals surface area contributed by atoms with Gasteiger partial charge >= 0.3 is 0 Å². The quantitative estimate of drug-likeness (QED) is 0.594. The number of carbonyl (C=O) groups is 1. The van der Waals surface area contributed by atoms with E-state index in [9.17, 15) is 9.90 Å². The molecule has 0 bridgehead atoms. The molecule has 22 heavy (non-hydrogen) atoms. The van der Waals surface area contributed by atoms with Crippen molar-refractivity contribution in [2.45, 2.75) is 0 Å². The van der Waals surface area contributed by atoms with Crippen LogP contribution in [0.2, 0.25) is 5.02 Å². The highest BCUT2D eigenvalue weighted by Crippen LogP contribution is 2.16. The number of hydrogen-bond acceptors (Lipinski definition) is 3. The van der Waals surface area contributed by atoms with Crippen LogP contribution < -0.4 is 10.6 Å². The number of phenolic OH excluding ortho intramolecular Hbond substituents is 1. The molecule has 0 aliphatic rings. The summed E-state index contributed by atoms with van der Waals surface area (Å²) in [5.41, 5.74) is 1.33. The monoisotopic (exact) mass is 332 g/mol. The molecule has 0 fully saturated rings. The van der Waals surface area contributed by atoms with Crippen molar-refractivity contribution in [3.63, 3.8) is 0 Å². The number of benzene rings is 2. The molecule has 2 aromatic rings. The highest BCUT2D eigenvalue weighted by molar-refractivity contribution is 7.80. The molecule has 0 aliphatic carbocycles. The summed E-state index contributed by atoms with van der Waals surface area (Å²) in [6, 6.07) is 13.6. The Bertz CT molecular complexity index is 732. The highest BCUT2D eigenvalue weighted by atomic mass is 35.5. The second-order valence-electron chi connectivity index (χ2n) is 4.35. The van der Waals surface area contributed by atoms with E-state index in [0.717, 1.165) is 5.56 Å². The lowest BCUT2D eigenvalue weighted by Crippen LogP contribution is -2.32. The van der Waals surface area contributed by atoms with E-state index in [2.05, 4.69) is 10.6 Å². The lowest BCUT2D eigenvalue weighted by Gasteiger charge is -2.08. The third-order valence-corrected chi connectivity index (χ3v) is 3.21. The van der Waals surface area contributed by atoms with E-state index in [-0.39, 0.29) is 16.8 Å². The minimum atomic E-state index is -0.377. The molecule has 0 spiro atoms. The first kappa shape index (κ1) is 16.0. The van der Waals surface area contributed by atoms with Crippen LogP contribution in [0.5, 0.6) is 5.75 Å². The van der Waals surface area contributed by atoms with Crippen molar-refractivity contribution in [3.8, 4) is 5.75 Å². The Morgan fingerprint density at radius 1 is 1.18 bits per heavy atom. The van der Waals surface area contributed by atoms with Crippen LogP contribution in [0, 0.1) is 0 Å². The Balaban J connectivity index is 1.92. The maximum Gasteiger partial charge on any atom is 0.250 e. The number of aromatic hydroxyl groups is 1. The average molecular weight is 333 g/mol. The summed E-state index contributed by atoms with van der Waals surface area (Å²) in [5, 5.41) is 15.4. The Morgan fingerprint density at radius 3 is 2.68 bits per heavy atom. The lowest BCUT2D eigenvalue weighted by molar-refractivity contribution is -0.115. The third kappa shape index (κ3) is 4.87. The van der Waals surface area contributed by atoms with Crippen molar-refractivity contribution in [2.75, 3.05) is 5.32 Å². The van der Waals surface area contributed by atoms with Gasteiger partial charge in [-0.25, -0.2) is 0 Å². The molecular weight excluding hydrogens is 320 g/mol. The van der Waals surface area contributed by atoms with Crippen molar-refractivity contribution < 1.29 is 9.90 Å². The van der Waals surface area contributed by atoms with Gasteiger partial charge in [0.2, 0.25) is 5.91 Å². The van der Waals surface area contributed by atoms with Crippen molar-refractivity contribution in [1.82, 2.24) is 5.32 Å². The van der Waals surface area contributed by atoms with Crippen LogP contribution in [0.1, 0.15) is 5.56 Å². The molecule has 2 rings (SSSR count). The van der Waals surface area contributed by atoms with E-state index in [1.807, 2.05) is 12.1 Å². The molecule has 0 aliphatic heterocycles. The summed E-state index contributed by atoms with van der Waals surface area (Å²) in [6.45, 7) is 0. The van der Waals surface area contributed by atoms with Crippen LogP contribution in [0.3, 0.4) is 0 Å². The molecule has 0 radical (unpaired) electrons. The fourth-order valence-electron chi connectivity index (χ4n) is 1.68. The summed E-state index contributed by atoms with van der Waals surface area (Å²) in [6.07, 6.45) is 2.95. The van der Waals surface area contributed by atoms with Crippen LogP contribution in [0.25, 0.3) is 6.08 Å². The average Bonchev–Trinajstić information content (AvgIpc) is 2.46. The van der Waals surface area contributed by atoms with Gasteiger partial charge in [-0.1, -0.05) is 35.9 Å². The Hall–Kier alpha value is -2.37. The second kappa shape index (κ2) is 7.59. The molecule has 1 amide bonds. The molecule has 0 aromatic heterocycles. The van der Waals surface area contributed by atoms with E-state index in [1.165, 1.54) is 12.1 Å². The molecule has 112 valence electrons. The number of nitrogens with one attached hydrogen (secondary N) is 2. The maximum atomic E-state index is 11.8. The number of rotatable bonds is 3. The molecule has 6 heteroatoms. The van der Waals surface area contributed by atoms with Crippen LogP contribution in [-0.2, 0) is 4.79 Å². The Labute approximate surface area is 138 Å². The van der Waals surface area contributed by atoms with Gasteiger partial charge in [-0.2, -0.15) is 0 Å². The van der Waals surface area contributed by atoms with Crippen LogP contribution in [0.4, 0.5) is 5.69 Å². The smallest absolute Gasteiger partial charge is 0.250 e. The van der Waals surface area contributed by atoms with Gasteiger partial charge in [0, 0.05) is 22.9 Å². The number of hydrogen-bond donors (Lipinski definition) is 3. The zero-order valence-electron chi connectivity index (χ0n) is 11.4. The Morgan fingerprint density at radius 2 is 1.95 bits per heavy atom. The molecule has 0 saturated heterocycles. The Kier molecular flexibility index (Phi) is 5.52. The van der Waals surface area contributed by atoms with Gasteiger partial charge < -0.3 is 10.4 Å². The third-order valence-electron chi connectivity index (χ3n) is 2.66. The molecule has 0 heterocycles. The number of halogens is 1. The van der Waals surface area contributed by atoms with Gasteiger partial charge in [-0.3, -0.25) is 10.1 Å². The molecule has 3 N–H and O–H groups in total. The highest BCUT2D eigenvalue weighted by Gasteiger charge is 2.02. The van der Waals surface area contributed by atoms with Crippen LogP contribution in [-0.4, -0.2) is 16.1 Å². The minimum absolute atomic E-state index is 0.109. The largest absolute Gasteiger partial charge is 0.508 e. The first-order chi connectivity index (χ1) is 10.5. The zero-order valence-corrected chi connectivity index (χ0v) is 13.0. The van der Waals surface area contributed by atoms with Gasteiger partial charge in [0.25, 0.3) is 0 Å². The van der Waals surface area contributed by atoms with E-state index < -0.39 is 0 Å². The first-order valence-corrected chi connectivity index (χ1v) is 7.17. The van der Waals surface area contributed by atoms with Gasteiger partial charge in [0.1, 0.15) is 5.75 Å². The van der Waals surface area contributed by atoms with E-state index in [1.54, 1.807) is 36.4 Å². The molecule has 0 saturated carbocycles. The summed E-state index contributed by atoms with van der Waals surface area (Å²) < 4.78 is 0. The van der Waals surface area contributed by atoms with Gasteiger partial charge in [-0.05, 0) is 42.1 Å². The predicted octanol–water partition coefficient (Wildman–Crippen LogP) is 3.57. The topological polar surface area (TPSA) is 61.4 Å². The summed E-state index contributed by atoms with van der Waals surface area (Å²) >= 11 is 11.0. The van der Waals surface area contributed by atoms with Gasteiger partial charge in [-0.15, -0.1) is 0 Å². The van der Waals surface area contributed by atoms with Gasteiger partial charge in [0.05, 0.1) is 0 Å². The lowest BCUT2D eigenvalue weighted by atomic mass is 10.2. The molecule has 0 atom stereocenters. The number of thiocarbonyl (C=S) groups is 1. The van der Waals surface area contributed by atoms with E-state index >= 15 is 0 Å². The standard InChI is InChI=1S/C16H13ClN2O2S/c17-14-7-2-1-4-11(14)8-9-15(21)19-16(22)18-12-5-3-6-13(20)10-12/h1-10,20H,(H2,18,19,21,22)/b9-8+. The molecule has 0 unspecified atom stereocenters. The zero-order chi connectivity index (χ0) is 15.9. The summed E-state index contributed by atoms with van der Waals surface area (Å²) in [5.74, 6) is -0.268. The minimum Gasteiger partial charge on any atom is -0.508 e. The molecular formula is C16H13ClN2O2S. The van der Waals surface area contributed by atoms with Crippen molar-refractivity contribution in [3.05, 3.63) is 65.2 Å². The van der Waals surface area contributed by atoms with Crippen molar-refractivity contribution >= 4 is 46.6 Å². The number of amides is 1. The van der Waals surface area contributed by atoms with Crippen molar-refractivity contribution in [2.24, 2.45) is 0 Å². The fourth-order valence-corrected chi connectivity index (χ4v) is 2.09. The fraction of sp³-hybridized carbons (Fsp3) is 0. The maximum absolute atomic E-state index is 11.8. The van der Waals surface area contributed by atoms with Gasteiger partial charge in [0.15, 0.2) is 5.11 Å². The van der Waals surface area contributed by atoms with Crippen LogP contribution in [0.15, 0.2) is 54.6 Å². The normalized spacial score (nSPS) is 10.4. The summed E-state index contributed by atoms with van der Waals surface area (Å²) in [4.78, 5) is 11.8. The SMILES string of the molecule is O=C(/C=C/c1ccccc1Cl)NC(=S)Nc1cccc(O)c1. The molecule has 2 aromatic carbocycles.